The number of carbonyl (C=O) groups is 1. The van der Waals surface area contributed by atoms with E-state index in [2.05, 4.69) is 15.5 Å². The van der Waals surface area contributed by atoms with Gasteiger partial charge in [0.1, 0.15) is 29.7 Å². The normalized spacial score (nSPS) is 23.5. The van der Waals surface area contributed by atoms with E-state index in [9.17, 15) is 24.6 Å². The molecule has 4 atom stereocenters. The topological polar surface area (TPSA) is 167 Å². The molecule has 1 aliphatic rings. The minimum absolute atomic E-state index is 0.0349. The molecule has 3 aromatic heterocycles. The first-order chi connectivity index (χ1) is 15.2. The zero-order valence-corrected chi connectivity index (χ0v) is 17.8. The fraction of sp³-hybridized carbons (Fsp3) is 0.526. The molecule has 32 heavy (non-hydrogen) atoms. The molecule has 3 N–H and O–H groups in total. The molecule has 172 valence electrons. The van der Waals surface area contributed by atoms with Gasteiger partial charge in [-0.05, 0) is 6.92 Å². The zero-order valence-electron chi connectivity index (χ0n) is 17.8. The van der Waals surface area contributed by atoms with Gasteiger partial charge in [0, 0.05) is 20.2 Å². The third-order valence-electron chi connectivity index (χ3n) is 5.58. The molecule has 0 bridgehead atoms. The predicted octanol–water partition coefficient (Wildman–Crippen LogP) is -2.42. The number of rotatable bonds is 5. The van der Waals surface area contributed by atoms with Crippen LogP contribution in [-0.2, 0) is 36.6 Å². The van der Waals surface area contributed by atoms with Gasteiger partial charge in [0.15, 0.2) is 5.52 Å². The summed E-state index contributed by atoms with van der Waals surface area (Å²) in [5.74, 6) is -0.0284. The summed E-state index contributed by atoms with van der Waals surface area (Å²) in [6.45, 7) is 1.73. The van der Waals surface area contributed by atoms with Crippen LogP contribution in [-0.4, -0.2) is 70.9 Å². The van der Waals surface area contributed by atoms with Gasteiger partial charge in [-0.2, -0.15) is 0 Å². The molecule has 1 saturated heterocycles. The molecule has 13 heteroatoms. The first-order valence-electron chi connectivity index (χ1n) is 9.97. The number of nitrogens with zero attached hydrogens (tertiary/aromatic N) is 5. The highest BCUT2D eigenvalue weighted by Gasteiger charge is 2.39. The van der Waals surface area contributed by atoms with Crippen molar-refractivity contribution in [2.75, 3.05) is 6.61 Å². The molecule has 0 radical (unpaired) electrons. The summed E-state index contributed by atoms with van der Waals surface area (Å²) in [5.41, 5.74) is -0.0141. The van der Waals surface area contributed by atoms with E-state index >= 15 is 0 Å². The van der Waals surface area contributed by atoms with E-state index < -0.39 is 41.5 Å². The van der Waals surface area contributed by atoms with Gasteiger partial charge in [0.05, 0.1) is 37.6 Å². The summed E-state index contributed by atoms with van der Waals surface area (Å²) in [7, 11) is 2.88. The van der Waals surface area contributed by atoms with E-state index in [1.807, 2.05) is 0 Å². The van der Waals surface area contributed by atoms with Crippen molar-refractivity contribution in [2.24, 2.45) is 14.1 Å². The molecule has 4 heterocycles. The third kappa shape index (κ3) is 3.85. The van der Waals surface area contributed by atoms with Crippen molar-refractivity contribution in [3.63, 3.8) is 0 Å². The van der Waals surface area contributed by atoms with E-state index in [-0.39, 0.29) is 30.7 Å². The van der Waals surface area contributed by atoms with Gasteiger partial charge in [0.25, 0.3) is 5.56 Å². The standard InChI is InChI=1S/C19H24N6O7/c1-9-4-10(32-22-9)5-13(26)21-11-7-31-12(16(28)15(11)27)6-25-8-20-14-17(25)23(2)19(30)24(3)18(14)29/h4,8,11-12,15-16,27-28H,5-7H2,1-3H3,(H,21,26)/t11-,12-,15+,16-/m1/s1. The lowest BCUT2D eigenvalue weighted by Gasteiger charge is -2.38. The molecule has 0 aromatic carbocycles. The number of hydrogen-bond acceptors (Lipinski definition) is 9. The number of imidazole rings is 1. The van der Waals surface area contributed by atoms with Crippen LogP contribution >= 0.6 is 0 Å². The van der Waals surface area contributed by atoms with Crippen molar-refractivity contribution < 1.29 is 24.3 Å². The average Bonchev–Trinajstić information content (AvgIpc) is 3.36. The fourth-order valence-corrected chi connectivity index (χ4v) is 3.85. The second-order valence-electron chi connectivity index (χ2n) is 7.91. The molecule has 1 aliphatic heterocycles. The van der Waals surface area contributed by atoms with Gasteiger partial charge in [-0.3, -0.25) is 18.7 Å². The lowest BCUT2D eigenvalue weighted by atomic mass is 9.97. The van der Waals surface area contributed by atoms with E-state index in [1.165, 1.54) is 29.6 Å². The SMILES string of the molecule is Cc1cc(CC(=O)N[C@@H]2CO[C@H](Cn3cnc4c(=O)n(C)c(=O)n(C)c43)[C@@H](O)[C@H]2O)on1. The number of nitrogens with one attached hydrogen (secondary N) is 1. The summed E-state index contributed by atoms with van der Waals surface area (Å²) in [6.07, 6.45) is -2.16. The summed E-state index contributed by atoms with van der Waals surface area (Å²) in [4.78, 5) is 40.9. The number of carbonyl (C=O) groups excluding carboxylic acids is 1. The van der Waals surface area contributed by atoms with Crippen LogP contribution in [0.15, 0.2) is 26.5 Å². The van der Waals surface area contributed by atoms with Crippen LogP contribution in [0.25, 0.3) is 11.2 Å². The van der Waals surface area contributed by atoms with Gasteiger partial charge < -0.3 is 29.4 Å². The first kappa shape index (κ1) is 21.9. The highest BCUT2D eigenvalue weighted by Crippen LogP contribution is 2.19. The third-order valence-corrected chi connectivity index (χ3v) is 5.58. The molecule has 0 spiro atoms. The highest BCUT2D eigenvalue weighted by molar-refractivity contribution is 5.78. The Morgan fingerprint density at radius 3 is 2.69 bits per heavy atom. The summed E-state index contributed by atoms with van der Waals surface area (Å²) < 4.78 is 14.5. The summed E-state index contributed by atoms with van der Waals surface area (Å²) in [6, 6.07) is 0.808. The minimum atomic E-state index is -1.33. The maximum Gasteiger partial charge on any atom is 0.332 e. The van der Waals surface area contributed by atoms with Crippen molar-refractivity contribution >= 4 is 17.1 Å². The Bertz CT molecular complexity index is 1270. The number of ether oxygens (including phenoxy) is 1. The number of aliphatic hydroxyl groups excluding tert-OH is 2. The van der Waals surface area contributed by atoms with E-state index in [0.717, 1.165) is 4.57 Å². The molecule has 3 aromatic rings. The number of amides is 1. The van der Waals surface area contributed by atoms with E-state index in [0.29, 0.717) is 11.5 Å². The van der Waals surface area contributed by atoms with Gasteiger partial charge in [-0.25, -0.2) is 9.78 Å². The van der Waals surface area contributed by atoms with Crippen LogP contribution in [0, 0.1) is 6.92 Å². The number of hydrogen-bond donors (Lipinski definition) is 3. The number of aromatic nitrogens is 5. The van der Waals surface area contributed by atoms with Gasteiger partial charge in [-0.1, -0.05) is 5.16 Å². The molecule has 13 nitrogen and oxygen atoms in total. The smallest absolute Gasteiger partial charge is 0.332 e. The Labute approximate surface area is 180 Å². The molecular formula is C19H24N6O7. The Balaban J connectivity index is 1.46. The van der Waals surface area contributed by atoms with Crippen LogP contribution in [0.4, 0.5) is 0 Å². The van der Waals surface area contributed by atoms with Crippen LogP contribution in [0.2, 0.25) is 0 Å². The molecule has 0 aliphatic carbocycles. The number of fused-ring (bicyclic) bond motifs is 1. The van der Waals surface area contributed by atoms with Gasteiger partial charge in [-0.15, -0.1) is 0 Å². The van der Waals surface area contributed by atoms with Crippen molar-refractivity contribution in [3.05, 3.63) is 44.7 Å². The first-order valence-corrected chi connectivity index (χ1v) is 9.97. The predicted molar refractivity (Wildman–Crippen MR) is 109 cm³/mol. The summed E-state index contributed by atoms with van der Waals surface area (Å²) >= 11 is 0. The molecule has 1 amide bonds. The van der Waals surface area contributed by atoms with Crippen LogP contribution in [0.1, 0.15) is 11.5 Å². The Kier molecular flexibility index (Phi) is 5.71. The fourth-order valence-electron chi connectivity index (χ4n) is 3.85. The Hall–Kier alpha value is -3.29. The van der Waals surface area contributed by atoms with E-state index in [1.54, 1.807) is 13.0 Å². The van der Waals surface area contributed by atoms with Crippen molar-refractivity contribution in [2.45, 2.75) is 44.2 Å². The average molecular weight is 448 g/mol. The van der Waals surface area contributed by atoms with Crippen LogP contribution in [0.5, 0.6) is 0 Å². The number of aliphatic hydroxyl groups is 2. The molecule has 0 unspecified atom stereocenters. The second-order valence-corrected chi connectivity index (χ2v) is 7.91. The van der Waals surface area contributed by atoms with E-state index in [4.69, 9.17) is 9.26 Å². The largest absolute Gasteiger partial charge is 0.388 e. The lowest BCUT2D eigenvalue weighted by molar-refractivity contribution is -0.158. The maximum atomic E-state index is 12.3. The monoisotopic (exact) mass is 448 g/mol. The quantitative estimate of drug-likeness (QED) is 0.385. The van der Waals surface area contributed by atoms with Crippen molar-refractivity contribution in [1.29, 1.82) is 0 Å². The van der Waals surface area contributed by atoms with Crippen molar-refractivity contribution in [1.82, 2.24) is 29.2 Å². The maximum absolute atomic E-state index is 12.3. The minimum Gasteiger partial charge on any atom is -0.388 e. The zero-order chi connectivity index (χ0) is 23.2. The molecule has 4 rings (SSSR count). The van der Waals surface area contributed by atoms with Crippen molar-refractivity contribution in [3.8, 4) is 0 Å². The van der Waals surface area contributed by atoms with Gasteiger partial charge in [0.2, 0.25) is 5.91 Å². The Morgan fingerprint density at radius 2 is 2.00 bits per heavy atom. The van der Waals surface area contributed by atoms with Crippen LogP contribution < -0.4 is 16.6 Å². The molecular weight excluding hydrogens is 424 g/mol. The summed E-state index contributed by atoms with van der Waals surface area (Å²) in [5, 5.41) is 27.5. The second kappa shape index (κ2) is 8.33. The molecule has 0 saturated carbocycles. The van der Waals surface area contributed by atoms with Crippen LogP contribution in [0.3, 0.4) is 0 Å². The van der Waals surface area contributed by atoms with Gasteiger partial charge >= 0.3 is 5.69 Å². The number of aryl methyl sites for hydroxylation is 2. The lowest BCUT2D eigenvalue weighted by Crippen LogP contribution is -2.60. The molecule has 1 fully saturated rings. The Morgan fingerprint density at radius 1 is 1.25 bits per heavy atom. The highest BCUT2D eigenvalue weighted by atomic mass is 16.5.